The molecule has 2 rings (SSSR count). The van der Waals surface area contributed by atoms with Gasteiger partial charge >= 0.3 is 5.97 Å². The maximum atomic E-state index is 13.3. The fourth-order valence-corrected chi connectivity index (χ4v) is 3.30. The molecule has 6 nitrogen and oxygen atoms in total. The Morgan fingerprint density at radius 3 is 2.81 bits per heavy atom. The summed E-state index contributed by atoms with van der Waals surface area (Å²) >= 11 is 0. The van der Waals surface area contributed by atoms with E-state index in [9.17, 15) is 17.6 Å². The minimum absolute atomic E-state index is 0.0319. The zero-order valence-electron chi connectivity index (χ0n) is 11.4. The van der Waals surface area contributed by atoms with Gasteiger partial charge in [-0.15, -0.1) is 0 Å². The van der Waals surface area contributed by atoms with Crippen LogP contribution in [0.3, 0.4) is 0 Å². The Labute approximate surface area is 122 Å². The van der Waals surface area contributed by atoms with E-state index in [0.717, 1.165) is 24.6 Å². The molecule has 1 aromatic carbocycles. The molecular formula is C13H16FNO5S. The Bertz CT molecular complexity index is 646. The van der Waals surface area contributed by atoms with Crippen LogP contribution in [-0.4, -0.2) is 38.7 Å². The highest BCUT2D eigenvalue weighted by Crippen LogP contribution is 2.21. The summed E-state index contributed by atoms with van der Waals surface area (Å²) in [5.74, 6) is -2.42. The van der Waals surface area contributed by atoms with Gasteiger partial charge < -0.3 is 9.84 Å². The monoisotopic (exact) mass is 317 g/mol. The molecule has 21 heavy (non-hydrogen) atoms. The van der Waals surface area contributed by atoms with Crippen molar-refractivity contribution in [2.45, 2.75) is 24.3 Å². The molecule has 0 bridgehead atoms. The highest BCUT2D eigenvalue weighted by Gasteiger charge is 2.26. The van der Waals surface area contributed by atoms with Gasteiger partial charge in [0.2, 0.25) is 10.0 Å². The molecule has 0 aromatic heterocycles. The minimum Gasteiger partial charge on any atom is -0.478 e. The van der Waals surface area contributed by atoms with Crippen LogP contribution in [0, 0.1) is 11.7 Å². The lowest BCUT2D eigenvalue weighted by atomic mass is 10.0. The van der Waals surface area contributed by atoms with Crippen LogP contribution in [0.25, 0.3) is 0 Å². The van der Waals surface area contributed by atoms with Crippen molar-refractivity contribution in [1.82, 2.24) is 4.72 Å². The lowest BCUT2D eigenvalue weighted by Crippen LogP contribution is -2.32. The van der Waals surface area contributed by atoms with Gasteiger partial charge in [-0.2, -0.15) is 0 Å². The average Bonchev–Trinajstić information content (AvgIpc) is 2.82. The van der Waals surface area contributed by atoms with Crippen molar-refractivity contribution in [3.8, 4) is 0 Å². The summed E-state index contributed by atoms with van der Waals surface area (Å²) in [6.45, 7) is 2.66. The second-order valence-corrected chi connectivity index (χ2v) is 6.69. The molecule has 1 aliphatic rings. The first-order valence-electron chi connectivity index (χ1n) is 6.45. The highest BCUT2D eigenvalue weighted by atomic mass is 32.2. The van der Waals surface area contributed by atoms with Crippen molar-refractivity contribution in [3.05, 3.63) is 29.6 Å². The summed E-state index contributed by atoms with van der Waals surface area (Å²) in [5, 5.41) is 8.82. The quantitative estimate of drug-likeness (QED) is 0.852. The van der Waals surface area contributed by atoms with Gasteiger partial charge in [0, 0.05) is 19.1 Å². The first-order chi connectivity index (χ1) is 9.81. The normalized spacial score (nSPS) is 22.4. The van der Waals surface area contributed by atoms with Crippen molar-refractivity contribution in [1.29, 1.82) is 0 Å². The molecule has 0 amide bonds. The summed E-state index contributed by atoms with van der Waals surface area (Å²) in [5.41, 5.74) is -0.671. The summed E-state index contributed by atoms with van der Waals surface area (Å²) < 4.78 is 45.3. The van der Waals surface area contributed by atoms with Gasteiger partial charge in [-0.05, 0) is 31.5 Å². The Balaban J connectivity index is 2.15. The summed E-state index contributed by atoms with van der Waals surface area (Å²) in [4.78, 5) is 10.6. The van der Waals surface area contributed by atoms with Crippen LogP contribution in [0.15, 0.2) is 23.1 Å². The molecule has 0 spiro atoms. The molecule has 2 unspecified atom stereocenters. The number of carboxylic acid groups (broad SMARTS) is 1. The Kier molecular flexibility index (Phi) is 4.60. The van der Waals surface area contributed by atoms with E-state index in [1.54, 1.807) is 0 Å². The Morgan fingerprint density at radius 1 is 1.52 bits per heavy atom. The molecule has 2 atom stereocenters. The number of aromatic carboxylic acids is 1. The number of rotatable bonds is 5. The predicted octanol–water partition coefficient (Wildman–Crippen LogP) is 1.23. The van der Waals surface area contributed by atoms with Crippen LogP contribution in [0.4, 0.5) is 4.39 Å². The van der Waals surface area contributed by atoms with Crippen molar-refractivity contribution in [3.63, 3.8) is 0 Å². The Morgan fingerprint density at radius 2 is 2.24 bits per heavy atom. The topological polar surface area (TPSA) is 92.7 Å². The molecule has 116 valence electrons. The van der Waals surface area contributed by atoms with E-state index >= 15 is 0 Å². The molecule has 0 radical (unpaired) electrons. The third kappa shape index (κ3) is 3.58. The van der Waals surface area contributed by atoms with Crippen LogP contribution in [0.5, 0.6) is 0 Å². The third-order valence-electron chi connectivity index (χ3n) is 3.55. The van der Waals surface area contributed by atoms with Gasteiger partial charge in [-0.3, -0.25) is 0 Å². The van der Waals surface area contributed by atoms with E-state index in [-0.39, 0.29) is 23.5 Å². The highest BCUT2D eigenvalue weighted by molar-refractivity contribution is 7.89. The molecular weight excluding hydrogens is 301 g/mol. The van der Waals surface area contributed by atoms with Crippen molar-refractivity contribution >= 4 is 16.0 Å². The molecule has 0 saturated carbocycles. The summed E-state index contributed by atoms with van der Waals surface area (Å²) in [6, 6.07) is 2.69. The van der Waals surface area contributed by atoms with Crippen LogP contribution in [-0.2, 0) is 14.8 Å². The molecule has 8 heteroatoms. The Hall–Kier alpha value is -1.51. The second-order valence-electron chi connectivity index (χ2n) is 4.92. The van der Waals surface area contributed by atoms with Crippen molar-refractivity contribution in [2.24, 2.45) is 5.92 Å². The number of sulfonamides is 1. The maximum Gasteiger partial charge on any atom is 0.338 e. The molecule has 0 aliphatic carbocycles. The third-order valence-corrected chi connectivity index (χ3v) is 4.97. The fraction of sp³-hybridized carbons (Fsp3) is 0.462. The average molecular weight is 317 g/mol. The standard InChI is InChI=1S/C13H16FNO5S/c1-8-9(4-5-20-8)7-15-21(18,19)10-2-3-12(14)11(6-10)13(16)17/h2-3,6,8-9,15H,4-5,7H2,1H3,(H,16,17). The smallest absolute Gasteiger partial charge is 0.338 e. The van der Waals surface area contributed by atoms with E-state index in [0.29, 0.717) is 6.61 Å². The number of hydrogen-bond acceptors (Lipinski definition) is 4. The predicted molar refractivity (Wildman–Crippen MR) is 72.1 cm³/mol. The summed E-state index contributed by atoms with van der Waals surface area (Å²) in [7, 11) is -3.88. The van der Waals surface area contributed by atoms with Gasteiger partial charge in [0.25, 0.3) is 0 Å². The molecule has 1 heterocycles. The zero-order valence-corrected chi connectivity index (χ0v) is 12.2. The summed E-state index contributed by atoms with van der Waals surface area (Å²) in [6.07, 6.45) is 0.725. The molecule has 1 fully saturated rings. The SMILES string of the molecule is CC1OCCC1CNS(=O)(=O)c1ccc(F)c(C(=O)O)c1. The van der Waals surface area contributed by atoms with Gasteiger partial charge in [0.15, 0.2) is 0 Å². The minimum atomic E-state index is -3.88. The number of carbonyl (C=O) groups is 1. The number of halogens is 1. The zero-order chi connectivity index (χ0) is 15.6. The van der Waals surface area contributed by atoms with E-state index < -0.39 is 27.4 Å². The number of hydrogen-bond donors (Lipinski definition) is 2. The van der Waals surface area contributed by atoms with Crippen molar-refractivity contribution < 1.29 is 27.4 Å². The van der Waals surface area contributed by atoms with Crippen LogP contribution in [0.2, 0.25) is 0 Å². The van der Waals surface area contributed by atoms with Gasteiger partial charge in [0.1, 0.15) is 5.82 Å². The van der Waals surface area contributed by atoms with E-state index in [1.165, 1.54) is 0 Å². The molecule has 1 aromatic rings. The van der Waals surface area contributed by atoms with E-state index in [2.05, 4.69) is 4.72 Å². The fourth-order valence-electron chi connectivity index (χ4n) is 2.18. The van der Waals surface area contributed by atoms with Crippen LogP contribution in [0.1, 0.15) is 23.7 Å². The van der Waals surface area contributed by atoms with Crippen molar-refractivity contribution in [2.75, 3.05) is 13.2 Å². The van der Waals surface area contributed by atoms with Crippen LogP contribution >= 0.6 is 0 Å². The number of carboxylic acids is 1. The lowest BCUT2D eigenvalue weighted by molar-refractivity contribution is 0.0691. The number of nitrogens with one attached hydrogen (secondary N) is 1. The first-order valence-corrected chi connectivity index (χ1v) is 7.93. The van der Waals surface area contributed by atoms with E-state index in [1.807, 2.05) is 6.92 Å². The largest absolute Gasteiger partial charge is 0.478 e. The van der Waals surface area contributed by atoms with E-state index in [4.69, 9.17) is 9.84 Å². The first kappa shape index (κ1) is 15.9. The molecule has 1 aliphatic heterocycles. The number of ether oxygens (including phenoxy) is 1. The van der Waals surface area contributed by atoms with Gasteiger partial charge in [-0.1, -0.05) is 0 Å². The van der Waals surface area contributed by atoms with Gasteiger partial charge in [0.05, 0.1) is 16.6 Å². The molecule has 1 saturated heterocycles. The van der Waals surface area contributed by atoms with Crippen LogP contribution < -0.4 is 4.72 Å². The molecule has 2 N–H and O–H groups in total. The second kappa shape index (κ2) is 6.08. The number of benzene rings is 1. The lowest BCUT2D eigenvalue weighted by Gasteiger charge is -2.15. The van der Waals surface area contributed by atoms with Gasteiger partial charge in [-0.25, -0.2) is 22.3 Å². The maximum absolute atomic E-state index is 13.3.